The molecule has 0 aliphatic rings. The molecule has 1 aromatic carbocycles. The summed E-state index contributed by atoms with van der Waals surface area (Å²) in [7, 11) is 0. The number of carbonyl (C=O) groups is 5. The Hall–Kier alpha value is -3.71. The normalized spacial score (nSPS) is 15.1. The molecular weight excluding hydrogens is 488 g/mol. The Morgan fingerprint density at radius 2 is 1.43 bits per heavy atom. The van der Waals surface area contributed by atoms with Crippen molar-refractivity contribution in [3.05, 3.63) is 29.8 Å². The molecule has 0 aliphatic heterocycles. The SMILES string of the molecule is CC(C)CC(NC(=O)C(Cc1ccc(O)cc1)NC(=O)C(NC(=O)C(N)CCC(=O)O)C(C)O)C(=O)O. The molecule has 0 aromatic heterocycles. The standard InChI is InChI=1S/C24H36N4O9/c1-12(2)10-18(24(36)37)27-22(34)17(11-14-4-6-15(30)7-5-14)26-23(35)20(13(3)29)28-21(33)16(25)8-9-19(31)32/h4-7,12-13,16-18,20,29-30H,8-11,25H2,1-3H3,(H,26,35)(H,27,34)(H,28,33)(H,31,32)(H,36,37). The zero-order chi connectivity index (χ0) is 28.3. The summed E-state index contributed by atoms with van der Waals surface area (Å²) < 4.78 is 0. The van der Waals surface area contributed by atoms with E-state index in [1.807, 2.05) is 0 Å². The maximum Gasteiger partial charge on any atom is 0.326 e. The molecule has 9 N–H and O–H groups in total. The number of aliphatic carboxylic acids is 2. The van der Waals surface area contributed by atoms with Crippen molar-refractivity contribution in [2.24, 2.45) is 11.7 Å². The van der Waals surface area contributed by atoms with Gasteiger partial charge in [0.1, 0.15) is 23.9 Å². The minimum atomic E-state index is -1.54. The van der Waals surface area contributed by atoms with E-state index in [0.29, 0.717) is 5.56 Å². The summed E-state index contributed by atoms with van der Waals surface area (Å²) in [5.41, 5.74) is 6.20. The van der Waals surface area contributed by atoms with Gasteiger partial charge in [-0.2, -0.15) is 0 Å². The van der Waals surface area contributed by atoms with Crippen molar-refractivity contribution in [3.8, 4) is 5.75 Å². The van der Waals surface area contributed by atoms with E-state index in [1.54, 1.807) is 13.8 Å². The molecule has 0 saturated carbocycles. The summed E-state index contributed by atoms with van der Waals surface area (Å²) in [6, 6.07) is 0.471. The number of nitrogens with two attached hydrogens (primary N) is 1. The lowest BCUT2D eigenvalue weighted by atomic mass is 10.0. The fourth-order valence-electron chi connectivity index (χ4n) is 3.38. The predicted octanol–water partition coefficient (Wildman–Crippen LogP) is -0.907. The summed E-state index contributed by atoms with van der Waals surface area (Å²) in [6.07, 6.45) is -1.95. The van der Waals surface area contributed by atoms with Gasteiger partial charge in [-0.3, -0.25) is 19.2 Å². The molecule has 0 aliphatic carbocycles. The lowest BCUT2D eigenvalue weighted by Crippen LogP contribution is -2.60. The van der Waals surface area contributed by atoms with Gasteiger partial charge in [-0.15, -0.1) is 0 Å². The van der Waals surface area contributed by atoms with Crippen LogP contribution in [-0.4, -0.2) is 80.4 Å². The first-order valence-electron chi connectivity index (χ1n) is 11.8. The average Bonchev–Trinajstić information content (AvgIpc) is 2.80. The third kappa shape index (κ3) is 11.3. The van der Waals surface area contributed by atoms with Crippen LogP contribution in [-0.2, 0) is 30.4 Å². The van der Waals surface area contributed by atoms with Gasteiger partial charge in [0.25, 0.3) is 0 Å². The number of phenolic OH excluding ortho intramolecular Hbond substituents is 1. The summed E-state index contributed by atoms with van der Waals surface area (Å²) in [5.74, 6) is -5.09. The highest BCUT2D eigenvalue weighted by atomic mass is 16.4. The van der Waals surface area contributed by atoms with E-state index < -0.39 is 59.9 Å². The Kier molecular flexibility index (Phi) is 12.5. The van der Waals surface area contributed by atoms with Crippen LogP contribution in [0.1, 0.15) is 45.6 Å². The van der Waals surface area contributed by atoms with Crippen LogP contribution in [0, 0.1) is 5.92 Å². The molecule has 5 atom stereocenters. The molecule has 0 radical (unpaired) electrons. The number of amides is 3. The topological polar surface area (TPSA) is 228 Å². The van der Waals surface area contributed by atoms with Gasteiger partial charge < -0.3 is 42.1 Å². The number of rotatable bonds is 15. The second-order valence-electron chi connectivity index (χ2n) is 9.23. The fraction of sp³-hybridized carbons (Fsp3) is 0.542. The van der Waals surface area contributed by atoms with Gasteiger partial charge in [0, 0.05) is 12.8 Å². The van der Waals surface area contributed by atoms with Crippen LogP contribution < -0.4 is 21.7 Å². The molecule has 1 aromatic rings. The molecule has 0 saturated heterocycles. The Balaban J connectivity index is 3.10. The van der Waals surface area contributed by atoms with Crippen LogP contribution in [0.3, 0.4) is 0 Å². The lowest BCUT2D eigenvalue weighted by Gasteiger charge is -2.27. The molecule has 3 amide bonds. The van der Waals surface area contributed by atoms with Gasteiger partial charge in [0.05, 0.1) is 12.1 Å². The van der Waals surface area contributed by atoms with Crippen molar-refractivity contribution in [1.82, 2.24) is 16.0 Å². The van der Waals surface area contributed by atoms with Gasteiger partial charge in [0.2, 0.25) is 17.7 Å². The summed E-state index contributed by atoms with van der Waals surface area (Å²) >= 11 is 0. The number of aromatic hydroxyl groups is 1. The molecule has 37 heavy (non-hydrogen) atoms. The van der Waals surface area contributed by atoms with Gasteiger partial charge in [-0.1, -0.05) is 26.0 Å². The minimum Gasteiger partial charge on any atom is -0.508 e. The van der Waals surface area contributed by atoms with E-state index in [0.717, 1.165) is 0 Å². The second kappa shape index (κ2) is 14.8. The third-order valence-corrected chi connectivity index (χ3v) is 5.40. The highest BCUT2D eigenvalue weighted by Crippen LogP contribution is 2.13. The number of carboxylic acids is 2. The number of aliphatic hydroxyl groups is 1. The molecule has 206 valence electrons. The first kappa shape index (κ1) is 31.3. The van der Waals surface area contributed by atoms with E-state index in [4.69, 9.17) is 10.8 Å². The number of aliphatic hydroxyl groups excluding tert-OH is 1. The number of benzene rings is 1. The maximum atomic E-state index is 13.1. The minimum absolute atomic E-state index is 0.0206. The number of phenols is 1. The number of hydrogen-bond acceptors (Lipinski definition) is 8. The highest BCUT2D eigenvalue weighted by molar-refractivity contribution is 5.94. The van der Waals surface area contributed by atoms with Crippen LogP contribution in [0.5, 0.6) is 5.75 Å². The van der Waals surface area contributed by atoms with Crippen LogP contribution in [0.25, 0.3) is 0 Å². The first-order chi connectivity index (χ1) is 17.2. The summed E-state index contributed by atoms with van der Waals surface area (Å²) in [6.45, 7) is 4.80. The van der Waals surface area contributed by atoms with Crippen LogP contribution in [0.4, 0.5) is 0 Å². The van der Waals surface area contributed by atoms with Crippen LogP contribution in [0.2, 0.25) is 0 Å². The van der Waals surface area contributed by atoms with Crippen LogP contribution in [0.15, 0.2) is 24.3 Å². The van der Waals surface area contributed by atoms with Crippen molar-refractivity contribution >= 4 is 29.7 Å². The summed E-state index contributed by atoms with van der Waals surface area (Å²) in [4.78, 5) is 60.8. The molecular formula is C24H36N4O9. The molecule has 0 fully saturated rings. The second-order valence-corrected chi connectivity index (χ2v) is 9.23. The first-order valence-corrected chi connectivity index (χ1v) is 11.8. The zero-order valence-electron chi connectivity index (χ0n) is 21.0. The predicted molar refractivity (Wildman–Crippen MR) is 131 cm³/mol. The molecule has 0 spiro atoms. The molecule has 0 heterocycles. The number of carboxylic acid groups (broad SMARTS) is 2. The Morgan fingerprint density at radius 1 is 0.865 bits per heavy atom. The van der Waals surface area contributed by atoms with Crippen molar-refractivity contribution in [2.75, 3.05) is 0 Å². The number of carbonyl (C=O) groups excluding carboxylic acids is 3. The average molecular weight is 525 g/mol. The van der Waals surface area contributed by atoms with E-state index >= 15 is 0 Å². The fourth-order valence-corrected chi connectivity index (χ4v) is 3.38. The van der Waals surface area contributed by atoms with Crippen molar-refractivity contribution < 1.29 is 44.4 Å². The molecule has 5 unspecified atom stereocenters. The van der Waals surface area contributed by atoms with Crippen molar-refractivity contribution in [1.29, 1.82) is 0 Å². The third-order valence-electron chi connectivity index (χ3n) is 5.40. The maximum absolute atomic E-state index is 13.1. The largest absolute Gasteiger partial charge is 0.508 e. The quantitative estimate of drug-likeness (QED) is 0.141. The Bertz CT molecular complexity index is 950. The number of hydrogen-bond donors (Lipinski definition) is 8. The van der Waals surface area contributed by atoms with E-state index in [2.05, 4.69) is 16.0 Å². The van der Waals surface area contributed by atoms with Gasteiger partial charge in [-0.05, 0) is 43.4 Å². The Labute approximate surface area is 214 Å². The molecule has 1 rings (SSSR count). The van der Waals surface area contributed by atoms with E-state index in [9.17, 15) is 39.3 Å². The van der Waals surface area contributed by atoms with Crippen LogP contribution >= 0.6 is 0 Å². The van der Waals surface area contributed by atoms with E-state index in [1.165, 1.54) is 31.2 Å². The van der Waals surface area contributed by atoms with Crippen molar-refractivity contribution in [3.63, 3.8) is 0 Å². The highest BCUT2D eigenvalue weighted by Gasteiger charge is 2.32. The van der Waals surface area contributed by atoms with Crippen molar-refractivity contribution in [2.45, 2.75) is 76.7 Å². The van der Waals surface area contributed by atoms with E-state index in [-0.39, 0.29) is 37.4 Å². The smallest absolute Gasteiger partial charge is 0.326 e. The molecule has 13 nitrogen and oxygen atoms in total. The summed E-state index contributed by atoms with van der Waals surface area (Å²) in [5, 5.41) is 45.0. The Morgan fingerprint density at radius 3 is 1.92 bits per heavy atom. The molecule has 13 heteroatoms. The number of nitrogens with one attached hydrogen (secondary N) is 3. The van der Waals surface area contributed by atoms with Gasteiger partial charge in [-0.25, -0.2) is 4.79 Å². The monoisotopic (exact) mass is 524 g/mol. The molecule has 0 bridgehead atoms. The lowest BCUT2D eigenvalue weighted by molar-refractivity contribution is -0.143. The zero-order valence-corrected chi connectivity index (χ0v) is 21.0. The van der Waals surface area contributed by atoms with Gasteiger partial charge >= 0.3 is 11.9 Å². The van der Waals surface area contributed by atoms with Gasteiger partial charge in [0.15, 0.2) is 0 Å².